The predicted octanol–water partition coefficient (Wildman–Crippen LogP) is 2.15. The minimum atomic E-state index is -0.563. The Labute approximate surface area is 145 Å². The van der Waals surface area contributed by atoms with E-state index in [1.54, 1.807) is 13.8 Å². The Hall–Kier alpha value is -2.84. The topological polar surface area (TPSA) is 117 Å². The van der Waals surface area contributed by atoms with Crippen molar-refractivity contribution in [2.75, 3.05) is 32.2 Å². The molecule has 0 aliphatic carbocycles. The first kappa shape index (κ1) is 20.2. The van der Waals surface area contributed by atoms with Gasteiger partial charge in [-0.2, -0.15) is 0 Å². The fourth-order valence-electron chi connectivity index (χ4n) is 1.90. The number of nitro benzene ring substituents is 1. The van der Waals surface area contributed by atoms with Crippen molar-refractivity contribution in [1.82, 2.24) is 0 Å². The molecule has 1 aromatic carbocycles. The summed E-state index contributed by atoms with van der Waals surface area (Å²) in [7, 11) is 1.22. The van der Waals surface area contributed by atoms with E-state index in [0.29, 0.717) is 18.8 Å². The molecule has 0 aromatic heterocycles. The first-order chi connectivity index (χ1) is 11.9. The maximum absolute atomic E-state index is 11.5. The fraction of sp³-hybridized carbons (Fsp3) is 0.500. The van der Waals surface area contributed by atoms with Crippen molar-refractivity contribution in [3.05, 3.63) is 28.3 Å². The van der Waals surface area contributed by atoms with Gasteiger partial charge in [0, 0.05) is 12.1 Å². The Bertz CT molecular complexity index is 619. The zero-order chi connectivity index (χ0) is 18.8. The Balaban J connectivity index is 2.69. The molecule has 1 aromatic rings. The predicted molar refractivity (Wildman–Crippen MR) is 89.5 cm³/mol. The number of anilines is 1. The second-order valence-electron chi connectivity index (χ2n) is 5.16. The lowest BCUT2D eigenvalue weighted by molar-refractivity contribution is -0.384. The van der Waals surface area contributed by atoms with E-state index in [0.717, 1.165) is 0 Å². The molecule has 0 saturated heterocycles. The minimum absolute atomic E-state index is 0.145. The summed E-state index contributed by atoms with van der Waals surface area (Å²) in [4.78, 5) is 33.2. The van der Waals surface area contributed by atoms with Crippen LogP contribution in [-0.2, 0) is 19.1 Å². The molecule has 138 valence electrons. The summed E-state index contributed by atoms with van der Waals surface area (Å²) >= 11 is 0. The summed E-state index contributed by atoms with van der Waals surface area (Å²) in [5.74, 6) is -0.775. The van der Waals surface area contributed by atoms with Crippen molar-refractivity contribution < 1.29 is 28.7 Å². The van der Waals surface area contributed by atoms with Crippen LogP contribution in [0.15, 0.2) is 18.2 Å². The average molecular weight is 354 g/mol. The van der Waals surface area contributed by atoms with Crippen LogP contribution >= 0.6 is 0 Å². The number of hydrogen-bond acceptors (Lipinski definition) is 8. The van der Waals surface area contributed by atoms with Crippen LogP contribution in [0, 0.1) is 16.0 Å². The highest BCUT2D eigenvalue weighted by atomic mass is 16.6. The summed E-state index contributed by atoms with van der Waals surface area (Å²) < 4.78 is 14.9. The third-order valence-corrected chi connectivity index (χ3v) is 3.32. The molecule has 0 aliphatic heterocycles. The summed E-state index contributed by atoms with van der Waals surface area (Å²) in [5, 5.41) is 13.7. The van der Waals surface area contributed by atoms with Gasteiger partial charge in [-0.15, -0.1) is 0 Å². The monoisotopic (exact) mass is 354 g/mol. The number of methoxy groups -OCH3 is 1. The second kappa shape index (κ2) is 10.1. The van der Waals surface area contributed by atoms with Crippen molar-refractivity contribution in [1.29, 1.82) is 0 Å². The van der Waals surface area contributed by atoms with Crippen molar-refractivity contribution in [3.63, 3.8) is 0 Å². The largest absolute Gasteiger partial charge is 0.493 e. The molecule has 1 unspecified atom stereocenters. The number of carbonyl (C=O) groups excluding carboxylic acids is 2. The lowest BCUT2D eigenvalue weighted by atomic mass is 10.1. The molecule has 25 heavy (non-hydrogen) atoms. The molecule has 9 nitrogen and oxygen atoms in total. The SMILES string of the molecule is CCOC(=O)C(C)CCOc1ccc([N+](=O)[O-])c(NCC(=O)OC)c1. The number of nitrogens with one attached hydrogen (secondary N) is 1. The summed E-state index contributed by atoms with van der Waals surface area (Å²) in [6.07, 6.45) is 0.445. The van der Waals surface area contributed by atoms with Crippen LogP contribution in [0.3, 0.4) is 0 Å². The third-order valence-electron chi connectivity index (χ3n) is 3.32. The zero-order valence-electron chi connectivity index (χ0n) is 14.4. The van der Waals surface area contributed by atoms with Crippen LogP contribution < -0.4 is 10.1 Å². The number of carbonyl (C=O) groups is 2. The van der Waals surface area contributed by atoms with Gasteiger partial charge < -0.3 is 19.5 Å². The van der Waals surface area contributed by atoms with Gasteiger partial charge in [-0.25, -0.2) is 0 Å². The lowest BCUT2D eigenvalue weighted by Gasteiger charge is -2.12. The van der Waals surface area contributed by atoms with Crippen LogP contribution in [0.25, 0.3) is 0 Å². The molecule has 0 aliphatic rings. The Kier molecular flexibility index (Phi) is 8.17. The van der Waals surface area contributed by atoms with Crippen LogP contribution in [-0.4, -0.2) is 43.7 Å². The smallest absolute Gasteiger partial charge is 0.325 e. The van der Waals surface area contributed by atoms with Crippen molar-refractivity contribution in [2.45, 2.75) is 20.3 Å². The highest BCUT2D eigenvalue weighted by molar-refractivity contribution is 5.77. The zero-order valence-corrected chi connectivity index (χ0v) is 14.4. The molecule has 0 fully saturated rings. The van der Waals surface area contributed by atoms with E-state index < -0.39 is 10.9 Å². The van der Waals surface area contributed by atoms with Gasteiger partial charge in [0.1, 0.15) is 18.0 Å². The summed E-state index contributed by atoms with van der Waals surface area (Å²) in [5.41, 5.74) is -0.0394. The average Bonchev–Trinajstić information content (AvgIpc) is 2.59. The van der Waals surface area contributed by atoms with Crippen LogP contribution in [0.5, 0.6) is 5.75 Å². The molecule has 0 spiro atoms. The summed E-state index contributed by atoms with van der Waals surface area (Å²) in [6, 6.07) is 4.16. The number of rotatable bonds is 10. The number of nitro groups is 1. The van der Waals surface area contributed by atoms with Gasteiger partial charge in [0.05, 0.1) is 31.2 Å². The van der Waals surface area contributed by atoms with Gasteiger partial charge in [0.25, 0.3) is 5.69 Å². The lowest BCUT2D eigenvalue weighted by Crippen LogP contribution is -2.17. The quantitative estimate of drug-likeness (QED) is 0.386. The van der Waals surface area contributed by atoms with Gasteiger partial charge in [-0.1, -0.05) is 6.92 Å². The maximum Gasteiger partial charge on any atom is 0.325 e. The Morgan fingerprint density at radius 1 is 1.36 bits per heavy atom. The van der Waals surface area contributed by atoms with Crippen molar-refractivity contribution >= 4 is 23.3 Å². The van der Waals surface area contributed by atoms with Gasteiger partial charge in [0.15, 0.2) is 0 Å². The van der Waals surface area contributed by atoms with E-state index >= 15 is 0 Å². The molecule has 9 heteroatoms. The van der Waals surface area contributed by atoms with Crippen LogP contribution in [0.2, 0.25) is 0 Å². The highest BCUT2D eigenvalue weighted by Crippen LogP contribution is 2.29. The normalized spacial score (nSPS) is 11.3. The molecular weight excluding hydrogens is 332 g/mol. The van der Waals surface area contributed by atoms with Crippen LogP contribution in [0.1, 0.15) is 20.3 Å². The number of benzene rings is 1. The van der Waals surface area contributed by atoms with Crippen molar-refractivity contribution in [3.8, 4) is 5.75 Å². The minimum Gasteiger partial charge on any atom is -0.493 e. The van der Waals surface area contributed by atoms with E-state index in [4.69, 9.17) is 9.47 Å². The van der Waals surface area contributed by atoms with Crippen molar-refractivity contribution in [2.24, 2.45) is 5.92 Å². The molecule has 0 amide bonds. The first-order valence-corrected chi connectivity index (χ1v) is 7.77. The highest BCUT2D eigenvalue weighted by Gasteiger charge is 2.17. The number of nitrogens with zero attached hydrogens (tertiary/aromatic N) is 1. The van der Waals surface area contributed by atoms with Gasteiger partial charge >= 0.3 is 11.9 Å². The summed E-state index contributed by atoms with van der Waals surface area (Å²) in [6.45, 7) is 3.83. The molecule has 0 saturated carbocycles. The van der Waals surface area contributed by atoms with Gasteiger partial charge in [-0.3, -0.25) is 19.7 Å². The Morgan fingerprint density at radius 2 is 2.08 bits per heavy atom. The molecule has 1 rings (SSSR count). The number of ether oxygens (including phenoxy) is 3. The number of hydrogen-bond donors (Lipinski definition) is 1. The fourth-order valence-corrected chi connectivity index (χ4v) is 1.90. The van der Waals surface area contributed by atoms with E-state index in [-0.39, 0.29) is 36.4 Å². The van der Waals surface area contributed by atoms with E-state index in [9.17, 15) is 19.7 Å². The molecule has 1 atom stereocenters. The van der Waals surface area contributed by atoms with E-state index in [1.807, 2.05) is 0 Å². The third kappa shape index (κ3) is 6.66. The second-order valence-corrected chi connectivity index (χ2v) is 5.16. The molecular formula is C16H22N2O7. The number of esters is 2. The van der Waals surface area contributed by atoms with Gasteiger partial charge in [-0.05, 0) is 19.4 Å². The van der Waals surface area contributed by atoms with Gasteiger partial charge in [0.2, 0.25) is 0 Å². The maximum atomic E-state index is 11.5. The van der Waals surface area contributed by atoms with E-state index in [1.165, 1.54) is 25.3 Å². The van der Waals surface area contributed by atoms with E-state index in [2.05, 4.69) is 10.1 Å². The molecule has 1 N–H and O–H groups in total. The molecule has 0 heterocycles. The first-order valence-electron chi connectivity index (χ1n) is 7.77. The Morgan fingerprint density at radius 3 is 2.68 bits per heavy atom. The molecule has 0 radical (unpaired) electrons. The molecule has 0 bridgehead atoms. The van der Waals surface area contributed by atoms with Crippen LogP contribution in [0.4, 0.5) is 11.4 Å². The standard InChI is InChI=1S/C16H22N2O7/c1-4-24-16(20)11(2)7-8-25-12-5-6-14(18(21)22)13(9-12)17-10-15(19)23-3/h5-6,9,11,17H,4,7-8,10H2,1-3H3.